The second-order valence-corrected chi connectivity index (χ2v) is 4.61. The minimum Gasteiger partial charge on any atom is -0.389 e. The maximum Gasteiger partial charge on any atom is 0.283 e. The van der Waals surface area contributed by atoms with Crippen LogP contribution in [-0.4, -0.2) is 9.91 Å². The Labute approximate surface area is 101 Å². The minimum atomic E-state index is -0.462. The van der Waals surface area contributed by atoms with Gasteiger partial charge in [0.2, 0.25) is 0 Å². The van der Waals surface area contributed by atoms with Crippen LogP contribution in [-0.2, 0) is 0 Å². The summed E-state index contributed by atoms with van der Waals surface area (Å²) in [6.45, 7) is 1.65. The largest absolute Gasteiger partial charge is 0.389 e. The van der Waals surface area contributed by atoms with Crippen molar-refractivity contribution in [2.24, 2.45) is 5.73 Å². The molecule has 0 aliphatic rings. The van der Waals surface area contributed by atoms with Gasteiger partial charge >= 0.3 is 0 Å². The molecular weight excluding hydrogens is 246 g/mol. The van der Waals surface area contributed by atoms with E-state index in [2.05, 4.69) is 12.2 Å². The zero-order valence-corrected chi connectivity index (χ0v) is 9.89. The highest BCUT2D eigenvalue weighted by Gasteiger charge is 2.14. The van der Waals surface area contributed by atoms with E-state index in [1.165, 1.54) is 23.5 Å². The van der Waals surface area contributed by atoms with Crippen molar-refractivity contribution in [3.63, 3.8) is 0 Å². The summed E-state index contributed by atoms with van der Waals surface area (Å²) < 4.78 is 0. The Morgan fingerprint density at radius 1 is 1.81 bits per heavy atom. The molecule has 16 heavy (non-hydrogen) atoms. The van der Waals surface area contributed by atoms with Crippen LogP contribution in [0.25, 0.3) is 6.08 Å². The van der Waals surface area contributed by atoms with Crippen LogP contribution in [0, 0.1) is 28.4 Å². The molecule has 0 spiro atoms. The normalized spacial score (nSPS) is 10.9. The Balaban J connectivity index is 3.17. The number of nitrogens with zero attached hydrogens (tertiary/aromatic N) is 2. The van der Waals surface area contributed by atoms with E-state index >= 15 is 0 Å². The summed E-state index contributed by atoms with van der Waals surface area (Å²) in [5.41, 5.74) is 5.49. The van der Waals surface area contributed by atoms with Gasteiger partial charge in [0.15, 0.2) is 0 Å². The van der Waals surface area contributed by atoms with E-state index in [9.17, 15) is 10.1 Å². The van der Waals surface area contributed by atoms with Gasteiger partial charge in [-0.15, -0.1) is 11.3 Å². The lowest BCUT2D eigenvalue weighted by Gasteiger charge is -1.90. The number of thiocarbonyl (C=S) groups is 1. The number of nitriles is 1. The van der Waals surface area contributed by atoms with Crippen molar-refractivity contribution < 1.29 is 4.92 Å². The van der Waals surface area contributed by atoms with Gasteiger partial charge in [-0.05, 0) is 13.0 Å². The zero-order valence-electron chi connectivity index (χ0n) is 8.26. The quantitative estimate of drug-likeness (QED) is 0.293. The summed E-state index contributed by atoms with van der Waals surface area (Å²) in [6, 6.07) is 3.24. The van der Waals surface area contributed by atoms with Crippen molar-refractivity contribution >= 4 is 40.3 Å². The van der Waals surface area contributed by atoms with E-state index in [4.69, 9.17) is 11.0 Å². The Bertz CT molecular complexity index is 525. The van der Waals surface area contributed by atoms with Crippen LogP contribution in [0.4, 0.5) is 5.69 Å². The first-order valence-corrected chi connectivity index (χ1v) is 5.34. The summed E-state index contributed by atoms with van der Waals surface area (Å²) in [7, 11) is 0. The van der Waals surface area contributed by atoms with Crippen LogP contribution in [0.5, 0.6) is 0 Å². The Kier molecular flexibility index (Phi) is 3.71. The van der Waals surface area contributed by atoms with E-state index in [1.807, 2.05) is 6.07 Å². The molecule has 0 amide bonds. The first-order valence-electron chi connectivity index (χ1n) is 4.12. The Morgan fingerprint density at radius 3 is 2.81 bits per heavy atom. The number of hydrogen-bond acceptors (Lipinski definition) is 5. The van der Waals surface area contributed by atoms with Crippen LogP contribution >= 0.6 is 23.6 Å². The summed E-state index contributed by atoms with van der Waals surface area (Å²) in [4.78, 5) is 11.3. The molecule has 0 saturated heterocycles. The van der Waals surface area contributed by atoms with Gasteiger partial charge in [-0.1, -0.05) is 12.2 Å². The second kappa shape index (κ2) is 4.83. The molecule has 2 N–H and O–H groups in total. The third-order valence-electron chi connectivity index (χ3n) is 1.78. The number of hydrogen-bond donors (Lipinski definition) is 1. The molecule has 0 aliphatic carbocycles. The SMILES string of the molecule is Cc1sc(C=C(C#N)C(N)=S)cc1[N+](=O)[O-]. The van der Waals surface area contributed by atoms with E-state index in [0.717, 1.165) is 0 Å². The lowest BCUT2D eigenvalue weighted by Crippen LogP contribution is -2.09. The summed E-state index contributed by atoms with van der Waals surface area (Å²) in [5, 5.41) is 19.3. The molecule has 0 saturated carbocycles. The molecule has 7 heteroatoms. The molecule has 0 radical (unpaired) electrons. The molecular formula is C9H7N3O2S2. The van der Waals surface area contributed by atoms with Crippen molar-refractivity contribution in [2.45, 2.75) is 6.92 Å². The highest BCUT2D eigenvalue weighted by atomic mass is 32.1. The summed E-state index contributed by atoms with van der Waals surface area (Å²) in [5.74, 6) is 0. The zero-order chi connectivity index (χ0) is 12.3. The summed E-state index contributed by atoms with van der Waals surface area (Å²) in [6.07, 6.45) is 1.45. The van der Waals surface area contributed by atoms with Gasteiger partial charge in [0.1, 0.15) is 11.1 Å². The molecule has 5 nitrogen and oxygen atoms in total. The van der Waals surface area contributed by atoms with Gasteiger partial charge in [-0.2, -0.15) is 5.26 Å². The average molecular weight is 253 g/mol. The van der Waals surface area contributed by atoms with Gasteiger partial charge in [0.25, 0.3) is 5.69 Å². The lowest BCUT2D eigenvalue weighted by atomic mass is 10.2. The van der Waals surface area contributed by atoms with Crippen molar-refractivity contribution in [3.05, 3.63) is 31.5 Å². The molecule has 1 aromatic rings. The monoisotopic (exact) mass is 253 g/mol. The smallest absolute Gasteiger partial charge is 0.283 e. The van der Waals surface area contributed by atoms with Crippen LogP contribution < -0.4 is 5.73 Å². The van der Waals surface area contributed by atoms with Gasteiger partial charge in [-0.3, -0.25) is 10.1 Å². The van der Waals surface area contributed by atoms with E-state index in [-0.39, 0.29) is 16.2 Å². The molecule has 0 fully saturated rings. The maximum absolute atomic E-state index is 10.6. The third kappa shape index (κ3) is 2.62. The van der Waals surface area contributed by atoms with Crippen LogP contribution in [0.2, 0.25) is 0 Å². The first kappa shape index (κ1) is 12.3. The fourth-order valence-electron chi connectivity index (χ4n) is 1.05. The Hall–Kier alpha value is -1.78. The average Bonchev–Trinajstić information content (AvgIpc) is 2.55. The molecule has 0 atom stereocenters. The fraction of sp³-hybridized carbons (Fsp3) is 0.111. The minimum absolute atomic E-state index is 0.0174. The highest BCUT2D eigenvalue weighted by molar-refractivity contribution is 7.80. The number of nitrogens with two attached hydrogens (primary N) is 1. The molecule has 1 rings (SSSR count). The number of nitro groups is 1. The predicted molar refractivity (Wildman–Crippen MR) is 66.1 cm³/mol. The predicted octanol–water partition coefficient (Wildman–Crippen LogP) is 2.16. The van der Waals surface area contributed by atoms with Gasteiger partial charge < -0.3 is 5.73 Å². The van der Waals surface area contributed by atoms with Crippen LogP contribution in [0.3, 0.4) is 0 Å². The summed E-state index contributed by atoms with van der Waals surface area (Å²) >= 11 is 5.88. The molecule has 0 unspecified atom stereocenters. The van der Waals surface area contributed by atoms with Gasteiger partial charge in [0, 0.05) is 10.9 Å². The fourth-order valence-corrected chi connectivity index (χ4v) is 2.09. The number of aryl methyl sites for hydroxylation is 1. The number of thiophene rings is 1. The molecule has 82 valence electrons. The lowest BCUT2D eigenvalue weighted by molar-refractivity contribution is -0.385. The molecule has 1 aromatic heterocycles. The van der Waals surface area contributed by atoms with E-state index in [0.29, 0.717) is 9.75 Å². The van der Waals surface area contributed by atoms with Crippen molar-refractivity contribution in [3.8, 4) is 6.07 Å². The molecule has 1 heterocycles. The first-order chi connectivity index (χ1) is 7.45. The highest BCUT2D eigenvalue weighted by Crippen LogP contribution is 2.29. The Morgan fingerprint density at radius 2 is 2.44 bits per heavy atom. The molecule has 0 bridgehead atoms. The molecule has 0 aliphatic heterocycles. The third-order valence-corrected chi connectivity index (χ3v) is 2.99. The van der Waals surface area contributed by atoms with Crippen molar-refractivity contribution in [1.82, 2.24) is 0 Å². The second-order valence-electron chi connectivity index (χ2n) is 2.88. The van der Waals surface area contributed by atoms with E-state index in [1.54, 1.807) is 6.92 Å². The maximum atomic E-state index is 10.6. The van der Waals surface area contributed by atoms with Crippen molar-refractivity contribution in [2.75, 3.05) is 0 Å². The molecule has 0 aromatic carbocycles. The van der Waals surface area contributed by atoms with Crippen molar-refractivity contribution in [1.29, 1.82) is 5.26 Å². The standard InChI is InChI=1S/C9H7N3O2S2/c1-5-8(12(13)14)3-7(16-5)2-6(4-10)9(11)15/h2-3H,1H3,(H2,11,15). The van der Waals surface area contributed by atoms with Crippen LogP contribution in [0.15, 0.2) is 11.6 Å². The number of rotatable bonds is 3. The van der Waals surface area contributed by atoms with Crippen LogP contribution in [0.1, 0.15) is 9.75 Å². The van der Waals surface area contributed by atoms with E-state index < -0.39 is 4.92 Å². The van der Waals surface area contributed by atoms with Gasteiger partial charge in [0.05, 0.1) is 15.4 Å². The topological polar surface area (TPSA) is 93.0 Å². The van der Waals surface area contributed by atoms with Gasteiger partial charge in [-0.25, -0.2) is 0 Å².